The van der Waals surface area contributed by atoms with Crippen molar-refractivity contribution in [1.29, 1.82) is 0 Å². The molecule has 2 rings (SSSR count). The van der Waals surface area contributed by atoms with E-state index in [9.17, 15) is 14.7 Å². The summed E-state index contributed by atoms with van der Waals surface area (Å²) in [6.45, 7) is 3.84. The van der Waals surface area contributed by atoms with Crippen LogP contribution >= 0.6 is 0 Å². The Morgan fingerprint density at radius 3 is 2.15 bits per heavy atom. The van der Waals surface area contributed by atoms with E-state index >= 15 is 0 Å². The predicted molar refractivity (Wildman–Crippen MR) is 105 cm³/mol. The van der Waals surface area contributed by atoms with Gasteiger partial charge in [-0.2, -0.15) is 0 Å². The molecule has 0 bridgehead atoms. The number of hydrogen-bond donors (Lipinski definition) is 2. The van der Waals surface area contributed by atoms with Crippen molar-refractivity contribution >= 4 is 11.9 Å². The van der Waals surface area contributed by atoms with Gasteiger partial charge in [0.05, 0.1) is 7.11 Å². The molecule has 0 unspecified atom stereocenters. The van der Waals surface area contributed by atoms with Crippen LogP contribution in [0, 0.1) is 5.92 Å². The smallest absolute Gasteiger partial charge is 0.328 e. The summed E-state index contributed by atoms with van der Waals surface area (Å²) in [7, 11) is 1.28. The van der Waals surface area contributed by atoms with Crippen LogP contribution in [-0.2, 0) is 20.7 Å². The first-order valence-electron chi connectivity index (χ1n) is 9.11. The normalized spacial score (nSPS) is 13.1. The Kier molecular flexibility index (Phi) is 7.55. The minimum Gasteiger partial charge on any atom is -0.467 e. The Balaban J connectivity index is 2.07. The van der Waals surface area contributed by atoms with E-state index in [2.05, 4.69) is 5.32 Å². The first-order chi connectivity index (χ1) is 12.9. The van der Waals surface area contributed by atoms with Gasteiger partial charge in [-0.3, -0.25) is 4.79 Å². The van der Waals surface area contributed by atoms with E-state index in [1.54, 1.807) is 0 Å². The lowest BCUT2D eigenvalue weighted by Crippen LogP contribution is -2.47. The van der Waals surface area contributed by atoms with Crippen molar-refractivity contribution < 1.29 is 19.4 Å². The third-order valence-corrected chi connectivity index (χ3v) is 4.30. The van der Waals surface area contributed by atoms with Gasteiger partial charge in [-0.25, -0.2) is 4.79 Å². The monoisotopic (exact) mass is 369 g/mol. The van der Waals surface area contributed by atoms with Crippen molar-refractivity contribution in [1.82, 2.24) is 5.32 Å². The second kappa shape index (κ2) is 9.88. The van der Waals surface area contributed by atoms with Crippen LogP contribution in [0.5, 0.6) is 0 Å². The van der Waals surface area contributed by atoms with Crippen molar-refractivity contribution in [3.05, 3.63) is 60.2 Å². The predicted octanol–water partition coefficient (Wildman–Crippen LogP) is 2.96. The van der Waals surface area contributed by atoms with E-state index in [0.717, 1.165) is 16.7 Å². The van der Waals surface area contributed by atoms with Gasteiger partial charge in [-0.05, 0) is 29.0 Å². The van der Waals surface area contributed by atoms with E-state index < -0.39 is 24.0 Å². The van der Waals surface area contributed by atoms with Crippen LogP contribution in [0.25, 0.3) is 11.1 Å². The molecule has 0 heterocycles. The molecule has 2 aromatic rings. The molecule has 0 aliphatic carbocycles. The summed E-state index contributed by atoms with van der Waals surface area (Å²) >= 11 is 0. The fourth-order valence-corrected chi connectivity index (χ4v) is 2.86. The molecule has 1 amide bonds. The highest BCUT2D eigenvalue weighted by Crippen LogP contribution is 2.20. The summed E-state index contributed by atoms with van der Waals surface area (Å²) in [6, 6.07) is 17.0. The zero-order valence-electron chi connectivity index (χ0n) is 16.0. The molecule has 144 valence electrons. The van der Waals surface area contributed by atoms with E-state index in [-0.39, 0.29) is 5.92 Å². The van der Waals surface area contributed by atoms with Crippen molar-refractivity contribution in [2.45, 2.75) is 38.8 Å². The molecule has 2 atom stereocenters. The largest absolute Gasteiger partial charge is 0.467 e. The molecule has 0 aromatic heterocycles. The van der Waals surface area contributed by atoms with Crippen LogP contribution in [0.1, 0.15) is 25.8 Å². The third kappa shape index (κ3) is 6.22. The van der Waals surface area contributed by atoms with Crippen LogP contribution in [0.15, 0.2) is 54.6 Å². The number of esters is 1. The van der Waals surface area contributed by atoms with Crippen LogP contribution in [0.2, 0.25) is 0 Å². The zero-order valence-corrected chi connectivity index (χ0v) is 16.0. The van der Waals surface area contributed by atoms with Gasteiger partial charge >= 0.3 is 5.97 Å². The number of nitrogens with one attached hydrogen (secondary N) is 1. The molecule has 2 N–H and O–H groups in total. The Bertz CT molecular complexity index is 741. The lowest BCUT2D eigenvalue weighted by atomic mass is 10.00. The number of methoxy groups -OCH3 is 1. The molecule has 0 spiro atoms. The Morgan fingerprint density at radius 1 is 1.00 bits per heavy atom. The van der Waals surface area contributed by atoms with Gasteiger partial charge in [0.2, 0.25) is 5.91 Å². The molecule has 0 fully saturated rings. The maximum Gasteiger partial charge on any atom is 0.328 e. The average Bonchev–Trinajstić information content (AvgIpc) is 2.67. The van der Waals surface area contributed by atoms with Crippen LogP contribution < -0.4 is 5.32 Å². The Labute approximate surface area is 160 Å². The number of aliphatic hydroxyl groups excluding tert-OH is 1. The number of carbonyl (C=O) groups excluding carboxylic acids is 2. The third-order valence-electron chi connectivity index (χ3n) is 4.30. The van der Waals surface area contributed by atoms with E-state index in [1.807, 2.05) is 68.4 Å². The summed E-state index contributed by atoms with van der Waals surface area (Å²) in [4.78, 5) is 24.2. The molecule has 0 aliphatic rings. The molecule has 0 saturated carbocycles. The number of aliphatic hydroxyl groups is 1. The SMILES string of the molecule is COC(=O)[C@@H](Cc1ccc(-c2ccccc2)cc1)NC(=O)[C@H](O)CC(C)C. The number of hydrogen-bond acceptors (Lipinski definition) is 4. The molecular formula is C22H27NO4. The molecule has 5 nitrogen and oxygen atoms in total. The summed E-state index contributed by atoms with van der Waals surface area (Å²) in [5.74, 6) is -0.917. The topological polar surface area (TPSA) is 75.6 Å². The highest BCUT2D eigenvalue weighted by atomic mass is 16.5. The molecule has 0 aliphatic heterocycles. The zero-order chi connectivity index (χ0) is 19.8. The molecule has 27 heavy (non-hydrogen) atoms. The van der Waals surface area contributed by atoms with E-state index in [4.69, 9.17) is 4.74 Å². The number of carbonyl (C=O) groups is 2. The second-order valence-electron chi connectivity index (χ2n) is 7.00. The highest BCUT2D eigenvalue weighted by Gasteiger charge is 2.25. The quantitative estimate of drug-likeness (QED) is 0.702. The minimum atomic E-state index is -1.14. The Hall–Kier alpha value is -2.66. The molecular weight excluding hydrogens is 342 g/mol. The van der Waals surface area contributed by atoms with E-state index in [1.165, 1.54) is 7.11 Å². The maximum atomic E-state index is 12.2. The number of ether oxygens (including phenoxy) is 1. The molecule has 2 aromatic carbocycles. The maximum absolute atomic E-state index is 12.2. The van der Waals surface area contributed by atoms with Gasteiger partial charge in [0.25, 0.3) is 0 Å². The van der Waals surface area contributed by atoms with Crippen LogP contribution in [0.4, 0.5) is 0 Å². The summed E-state index contributed by atoms with van der Waals surface area (Å²) in [5.41, 5.74) is 3.08. The average molecular weight is 369 g/mol. The van der Waals surface area contributed by atoms with Gasteiger partial charge in [-0.1, -0.05) is 68.4 Å². The van der Waals surface area contributed by atoms with Gasteiger partial charge in [-0.15, -0.1) is 0 Å². The van der Waals surface area contributed by atoms with Crippen LogP contribution in [0.3, 0.4) is 0 Å². The van der Waals surface area contributed by atoms with E-state index in [0.29, 0.717) is 12.8 Å². The van der Waals surface area contributed by atoms with Gasteiger partial charge < -0.3 is 15.2 Å². The summed E-state index contributed by atoms with van der Waals surface area (Å²) in [5, 5.41) is 12.6. The molecule has 0 saturated heterocycles. The first-order valence-corrected chi connectivity index (χ1v) is 9.11. The second-order valence-corrected chi connectivity index (χ2v) is 7.00. The van der Waals surface area contributed by atoms with Gasteiger partial charge in [0.1, 0.15) is 12.1 Å². The van der Waals surface area contributed by atoms with Crippen molar-refractivity contribution in [2.24, 2.45) is 5.92 Å². The fourth-order valence-electron chi connectivity index (χ4n) is 2.86. The number of amides is 1. The highest BCUT2D eigenvalue weighted by molar-refractivity contribution is 5.87. The lowest BCUT2D eigenvalue weighted by molar-refractivity contribution is -0.146. The number of rotatable bonds is 8. The standard InChI is InChI=1S/C22H27NO4/c1-15(2)13-20(24)21(25)23-19(22(26)27-3)14-16-9-11-18(12-10-16)17-7-5-4-6-8-17/h4-12,15,19-20,24H,13-14H2,1-3H3,(H,23,25)/t19-,20-/m1/s1. The summed E-state index contributed by atoms with van der Waals surface area (Å²) in [6.07, 6.45) is -0.509. The van der Waals surface area contributed by atoms with Gasteiger partial charge in [0.15, 0.2) is 0 Å². The van der Waals surface area contributed by atoms with Gasteiger partial charge in [0, 0.05) is 6.42 Å². The minimum absolute atomic E-state index is 0.174. The molecule has 5 heteroatoms. The van der Waals surface area contributed by atoms with Crippen molar-refractivity contribution in [2.75, 3.05) is 7.11 Å². The first kappa shape index (κ1) is 20.6. The fraction of sp³-hybridized carbons (Fsp3) is 0.364. The molecule has 0 radical (unpaired) electrons. The van der Waals surface area contributed by atoms with Crippen molar-refractivity contribution in [3.8, 4) is 11.1 Å². The Morgan fingerprint density at radius 2 is 1.59 bits per heavy atom. The summed E-state index contributed by atoms with van der Waals surface area (Å²) < 4.78 is 4.80. The van der Waals surface area contributed by atoms with Crippen molar-refractivity contribution in [3.63, 3.8) is 0 Å². The van der Waals surface area contributed by atoms with Crippen LogP contribution in [-0.4, -0.2) is 36.2 Å². The number of benzene rings is 2. The lowest BCUT2D eigenvalue weighted by Gasteiger charge is -2.19.